The third kappa shape index (κ3) is 7.87. The molecule has 1 aromatic carbocycles. The highest BCUT2D eigenvalue weighted by Gasteiger charge is 2.42. The third-order valence-electron chi connectivity index (χ3n) is 6.34. The molecule has 0 heterocycles. The van der Waals surface area contributed by atoms with Crippen molar-refractivity contribution in [1.29, 1.82) is 0 Å². The Morgan fingerprint density at radius 3 is 1.82 bits per heavy atom. The molecular formula is C24H36Cl2N2O5. The van der Waals surface area contributed by atoms with Crippen molar-refractivity contribution in [2.75, 3.05) is 14.2 Å². The summed E-state index contributed by atoms with van der Waals surface area (Å²) in [5.74, 6) is -0.442. The molecular weight excluding hydrogens is 467 g/mol. The lowest BCUT2D eigenvalue weighted by molar-refractivity contribution is -0.150. The first-order chi connectivity index (χ1) is 15.3. The van der Waals surface area contributed by atoms with Crippen molar-refractivity contribution in [2.45, 2.75) is 81.2 Å². The maximum atomic E-state index is 12.4. The van der Waals surface area contributed by atoms with E-state index in [-0.39, 0.29) is 30.3 Å². The Bertz CT molecular complexity index is 774. The largest absolute Gasteiger partial charge is 0.468 e. The van der Waals surface area contributed by atoms with E-state index >= 15 is 0 Å². The van der Waals surface area contributed by atoms with Gasteiger partial charge in [0.25, 0.3) is 5.91 Å². The Kier molecular flexibility index (Phi) is 12.2. The van der Waals surface area contributed by atoms with Crippen LogP contribution in [0, 0.1) is 0 Å². The van der Waals surface area contributed by atoms with Crippen molar-refractivity contribution in [3.63, 3.8) is 0 Å². The maximum absolute atomic E-state index is 12.4. The molecule has 186 valence electrons. The van der Waals surface area contributed by atoms with Crippen LogP contribution in [0.3, 0.4) is 0 Å². The number of amides is 1. The summed E-state index contributed by atoms with van der Waals surface area (Å²) in [6, 6.07) is 7.07. The molecule has 3 rings (SSSR count). The average molecular weight is 503 g/mol. The van der Waals surface area contributed by atoms with Gasteiger partial charge < -0.3 is 20.5 Å². The SMILES string of the molecule is COC(=O)C1(N)CCCCC1.COC(=O)C1(NC(=O)c2ccc(CCl)cc2)CCCCC1.Cl. The number of nitrogens with one attached hydrogen (secondary N) is 1. The van der Waals surface area contributed by atoms with Gasteiger partial charge in [-0.15, -0.1) is 24.0 Å². The predicted molar refractivity (Wildman–Crippen MR) is 131 cm³/mol. The number of hydrogen-bond donors (Lipinski definition) is 2. The van der Waals surface area contributed by atoms with E-state index in [2.05, 4.69) is 10.1 Å². The fourth-order valence-electron chi connectivity index (χ4n) is 4.36. The van der Waals surface area contributed by atoms with Gasteiger partial charge in [0.2, 0.25) is 0 Å². The number of carbonyl (C=O) groups excluding carboxylic acids is 3. The van der Waals surface area contributed by atoms with Crippen molar-refractivity contribution in [3.8, 4) is 0 Å². The van der Waals surface area contributed by atoms with Gasteiger partial charge in [-0.05, 0) is 43.4 Å². The van der Waals surface area contributed by atoms with Crippen LogP contribution in [-0.4, -0.2) is 43.1 Å². The zero-order valence-corrected chi connectivity index (χ0v) is 21.1. The summed E-state index contributed by atoms with van der Waals surface area (Å²) in [4.78, 5) is 35.6. The van der Waals surface area contributed by atoms with Crippen LogP contribution in [0.2, 0.25) is 0 Å². The van der Waals surface area contributed by atoms with Crippen molar-refractivity contribution < 1.29 is 23.9 Å². The molecule has 0 aliphatic heterocycles. The molecule has 0 spiro atoms. The Morgan fingerprint density at radius 1 is 0.879 bits per heavy atom. The number of ether oxygens (including phenoxy) is 2. The van der Waals surface area contributed by atoms with Crippen LogP contribution in [-0.2, 0) is 24.9 Å². The normalized spacial score (nSPS) is 18.4. The van der Waals surface area contributed by atoms with Gasteiger partial charge in [0.1, 0.15) is 11.1 Å². The van der Waals surface area contributed by atoms with Crippen LogP contribution >= 0.6 is 24.0 Å². The van der Waals surface area contributed by atoms with E-state index in [1.54, 1.807) is 12.1 Å². The van der Waals surface area contributed by atoms with Crippen LogP contribution in [0.5, 0.6) is 0 Å². The fourth-order valence-corrected chi connectivity index (χ4v) is 4.53. The number of esters is 2. The van der Waals surface area contributed by atoms with Crippen LogP contribution in [0.4, 0.5) is 0 Å². The molecule has 0 unspecified atom stereocenters. The Hall–Kier alpha value is -1.83. The molecule has 0 saturated heterocycles. The monoisotopic (exact) mass is 502 g/mol. The highest BCUT2D eigenvalue weighted by molar-refractivity contribution is 6.17. The predicted octanol–water partition coefficient (Wildman–Crippen LogP) is 4.27. The third-order valence-corrected chi connectivity index (χ3v) is 6.65. The summed E-state index contributed by atoms with van der Waals surface area (Å²) in [5.41, 5.74) is 5.76. The van der Waals surface area contributed by atoms with Crippen LogP contribution < -0.4 is 11.1 Å². The van der Waals surface area contributed by atoms with Gasteiger partial charge >= 0.3 is 11.9 Å². The highest BCUT2D eigenvalue weighted by atomic mass is 35.5. The Morgan fingerprint density at radius 2 is 1.36 bits per heavy atom. The lowest BCUT2D eigenvalue weighted by Gasteiger charge is -2.35. The van der Waals surface area contributed by atoms with Gasteiger partial charge in [-0.1, -0.05) is 50.7 Å². The van der Waals surface area contributed by atoms with E-state index in [0.717, 1.165) is 50.5 Å². The first-order valence-electron chi connectivity index (χ1n) is 11.2. The quantitative estimate of drug-likeness (QED) is 0.459. The number of benzene rings is 1. The van der Waals surface area contributed by atoms with Crippen molar-refractivity contribution in [3.05, 3.63) is 35.4 Å². The van der Waals surface area contributed by atoms with Gasteiger partial charge in [-0.2, -0.15) is 0 Å². The molecule has 2 fully saturated rings. The molecule has 1 amide bonds. The zero-order chi connectivity index (χ0) is 23.6. The molecule has 7 nitrogen and oxygen atoms in total. The molecule has 3 N–H and O–H groups in total. The number of methoxy groups -OCH3 is 2. The summed E-state index contributed by atoms with van der Waals surface area (Å²) >= 11 is 5.74. The highest BCUT2D eigenvalue weighted by Crippen LogP contribution is 2.30. The molecule has 0 radical (unpaired) electrons. The van der Waals surface area contributed by atoms with Crippen molar-refractivity contribution >= 4 is 41.9 Å². The average Bonchev–Trinajstić information content (AvgIpc) is 2.84. The second kappa shape index (κ2) is 13.8. The van der Waals surface area contributed by atoms with E-state index in [4.69, 9.17) is 22.1 Å². The summed E-state index contributed by atoms with van der Waals surface area (Å²) < 4.78 is 9.52. The van der Waals surface area contributed by atoms with E-state index in [1.165, 1.54) is 20.6 Å². The summed E-state index contributed by atoms with van der Waals surface area (Å²) in [6.45, 7) is 0. The Labute approximate surface area is 207 Å². The topological polar surface area (TPSA) is 108 Å². The lowest BCUT2D eigenvalue weighted by atomic mass is 9.81. The molecule has 9 heteroatoms. The second-order valence-corrected chi connectivity index (χ2v) is 8.89. The van der Waals surface area contributed by atoms with Gasteiger partial charge in [0.05, 0.1) is 14.2 Å². The van der Waals surface area contributed by atoms with Gasteiger partial charge in [0, 0.05) is 11.4 Å². The molecule has 33 heavy (non-hydrogen) atoms. The van der Waals surface area contributed by atoms with Crippen molar-refractivity contribution in [2.24, 2.45) is 5.73 Å². The zero-order valence-electron chi connectivity index (χ0n) is 19.5. The first-order valence-corrected chi connectivity index (χ1v) is 11.8. The number of nitrogens with two attached hydrogens (primary N) is 1. The summed E-state index contributed by atoms with van der Waals surface area (Å²) in [5, 5.41) is 2.89. The number of hydrogen-bond acceptors (Lipinski definition) is 6. The molecule has 2 saturated carbocycles. The van der Waals surface area contributed by atoms with Crippen molar-refractivity contribution in [1.82, 2.24) is 5.32 Å². The second-order valence-electron chi connectivity index (χ2n) is 8.63. The minimum Gasteiger partial charge on any atom is -0.468 e. The molecule has 0 bridgehead atoms. The Balaban J connectivity index is 0.000000385. The maximum Gasteiger partial charge on any atom is 0.331 e. The molecule has 0 atom stereocenters. The standard InChI is InChI=1S/C16H20ClNO3.C8H15NO2.ClH/c1-21-15(20)16(9-3-2-4-10-16)18-14(19)13-7-5-12(11-17)6-8-13;1-11-7(10)8(9)5-3-2-4-6-8;/h5-8H,2-4,9-11H2,1H3,(H,18,19);2-6,9H2,1H3;1H. The number of carbonyl (C=O) groups is 3. The number of rotatable bonds is 5. The van der Waals surface area contributed by atoms with Gasteiger partial charge in [0.15, 0.2) is 0 Å². The fraction of sp³-hybridized carbons (Fsp3) is 0.625. The summed E-state index contributed by atoms with van der Waals surface area (Å²) in [7, 11) is 2.76. The summed E-state index contributed by atoms with van der Waals surface area (Å²) in [6.07, 6.45) is 9.02. The van der Waals surface area contributed by atoms with E-state index in [1.807, 2.05) is 12.1 Å². The van der Waals surface area contributed by atoms with Gasteiger partial charge in [-0.25, -0.2) is 4.79 Å². The van der Waals surface area contributed by atoms with Crippen LogP contribution in [0.15, 0.2) is 24.3 Å². The molecule has 1 aromatic rings. The van der Waals surface area contributed by atoms with E-state index < -0.39 is 11.1 Å². The van der Waals surface area contributed by atoms with Crippen LogP contribution in [0.1, 0.15) is 80.1 Å². The van der Waals surface area contributed by atoms with E-state index in [9.17, 15) is 14.4 Å². The smallest absolute Gasteiger partial charge is 0.331 e. The lowest BCUT2D eigenvalue weighted by Crippen LogP contribution is -2.56. The first kappa shape index (κ1) is 29.2. The minimum absolute atomic E-state index is 0. The molecule has 2 aliphatic carbocycles. The van der Waals surface area contributed by atoms with E-state index in [0.29, 0.717) is 24.3 Å². The number of alkyl halides is 1. The molecule has 0 aromatic heterocycles. The molecule has 2 aliphatic rings. The van der Waals surface area contributed by atoms with Gasteiger partial charge in [-0.3, -0.25) is 9.59 Å². The minimum atomic E-state index is -0.880. The van der Waals surface area contributed by atoms with Crippen LogP contribution in [0.25, 0.3) is 0 Å². The number of halogens is 2.